The number of thiophene rings is 1. The van der Waals surface area contributed by atoms with E-state index in [4.69, 9.17) is 29.3 Å². The van der Waals surface area contributed by atoms with Crippen LogP contribution in [0.2, 0.25) is 0 Å². The predicted molar refractivity (Wildman–Crippen MR) is 197 cm³/mol. The number of urea groups is 1. The Bertz CT molecular complexity index is 2070. The Labute approximate surface area is 325 Å². The van der Waals surface area contributed by atoms with E-state index in [9.17, 15) is 36.3 Å². The molecule has 0 aliphatic carbocycles. The van der Waals surface area contributed by atoms with Gasteiger partial charge in [-0.15, -0.1) is 0 Å². The minimum Gasteiger partial charge on any atom is -0.542 e. The van der Waals surface area contributed by atoms with Gasteiger partial charge in [-0.05, 0) is 90.9 Å². The first kappa shape index (κ1) is 43.4. The number of likely N-dealkylation sites (N-methyl/N-ethyl adjacent to an activating group) is 1. The van der Waals surface area contributed by atoms with Gasteiger partial charge in [0.25, 0.3) is 0 Å². The number of phenolic OH excluding ortho intramolecular Hbond substituents is 1. The molecule has 1 aromatic heterocycles. The molecule has 0 radical (unpaired) electrons. The van der Waals surface area contributed by atoms with Crippen LogP contribution in [0.1, 0.15) is 24.0 Å². The molecule has 2 heterocycles. The number of carboxylic acid groups (broad SMARTS) is 1. The summed E-state index contributed by atoms with van der Waals surface area (Å²) >= 11 is 1.24. The largest absolute Gasteiger partial charge is 0.542 e. The molecule has 1 aliphatic heterocycles. The lowest BCUT2D eigenvalue weighted by Crippen LogP contribution is -2.62. The number of amides is 3. The molecular formula is C37H41F3N4O10S2. The Hall–Kier alpha value is -5.37. The van der Waals surface area contributed by atoms with E-state index >= 15 is 0 Å². The monoisotopic (exact) mass is 822 g/mol. The number of phenols is 1. The van der Waals surface area contributed by atoms with Crippen LogP contribution >= 0.6 is 11.3 Å². The minimum absolute atomic E-state index is 0.0525. The molecule has 4 N–H and O–H groups in total. The van der Waals surface area contributed by atoms with E-state index in [1.807, 2.05) is 18.2 Å². The van der Waals surface area contributed by atoms with E-state index in [0.717, 1.165) is 24.1 Å². The quantitative estimate of drug-likeness (QED) is 0.136. The van der Waals surface area contributed by atoms with Crippen molar-refractivity contribution in [1.82, 2.24) is 4.90 Å². The van der Waals surface area contributed by atoms with Crippen molar-refractivity contribution in [3.8, 4) is 23.0 Å². The van der Waals surface area contributed by atoms with Crippen LogP contribution in [0.4, 0.5) is 23.7 Å². The topological polar surface area (TPSA) is 198 Å². The van der Waals surface area contributed by atoms with Crippen molar-refractivity contribution in [1.29, 1.82) is 0 Å². The van der Waals surface area contributed by atoms with Crippen molar-refractivity contribution in [2.45, 2.75) is 49.0 Å². The molecule has 1 unspecified atom stereocenters. The highest BCUT2D eigenvalue weighted by Crippen LogP contribution is 2.31. The summed E-state index contributed by atoms with van der Waals surface area (Å²) in [5.41, 5.74) is 8.56. The lowest BCUT2D eigenvalue weighted by atomic mass is 9.98. The number of carboxylic acids is 1. The summed E-state index contributed by atoms with van der Waals surface area (Å²) in [4.78, 5) is 38.1. The number of halogens is 3. The Morgan fingerprint density at radius 2 is 1.64 bits per heavy atom. The average molecular weight is 823 g/mol. The van der Waals surface area contributed by atoms with Crippen LogP contribution in [-0.2, 0) is 32.7 Å². The highest BCUT2D eigenvalue weighted by molar-refractivity contribution is 7.87. The van der Waals surface area contributed by atoms with Gasteiger partial charge in [0.1, 0.15) is 35.5 Å². The number of alkyl halides is 3. The van der Waals surface area contributed by atoms with Crippen LogP contribution in [0, 0.1) is 0 Å². The van der Waals surface area contributed by atoms with Crippen LogP contribution < -0.4 is 29.8 Å². The molecule has 5 rings (SSSR count). The van der Waals surface area contributed by atoms with E-state index in [1.54, 1.807) is 31.7 Å². The number of nitrogens with one attached hydrogen (secondary N) is 1. The number of imide groups is 1. The molecule has 3 aromatic carbocycles. The van der Waals surface area contributed by atoms with Crippen LogP contribution in [0.5, 0.6) is 23.0 Å². The molecule has 0 spiro atoms. The molecule has 19 heteroatoms. The van der Waals surface area contributed by atoms with Crippen LogP contribution in [0.3, 0.4) is 0 Å². The second-order valence-corrected chi connectivity index (χ2v) is 15.4. The maximum Gasteiger partial charge on any atom is 0.430 e. The van der Waals surface area contributed by atoms with Gasteiger partial charge in [0, 0.05) is 16.6 Å². The molecule has 302 valence electrons. The van der Waals surface area contributed by atoms with Crippen molar-refractivity contribution in [2.24, 2.45) is 5.73 Å². The number of rotatable bonds is 12. The third-order valence-electron chi connectivity index (χ3n) is 8.76. The van der Waals surface area contributed by atoms with E-state index in [-0.39, 0.29) is 22.8 Å². The smallest absolute Gasteiger partial charge is 0.430 e. The maximum atomic E-state index is 14.1. The Kier molecular flexibility index (Phi) is 14.3. The van der Waals surface area contributed by atoms with Crippen molar-refractivity contribution in [3.05, 3.63) is 94.7 Å². The third kappa shape index (κ3) is 11.8. The van der Waals surface area contributed by atoms with Crippen LogP contribution in [0.15, 0.2) is 88.5 Å². The number of benzene rings is 3. The Morgan fingerprint density at radius 3 is 2.21 bits per heavy atom. The summed E-state index contributed by atoms with van der Waals surface area (Å²) < 4.78 is 73.3. The summed E-state index contributed by atoms with van der Waals surface area (Å²) in [6, 6.07) is 17.4. The van der Waals surface area contributed by atoms with Crippen molar-refractivity contribution >= 4 is 45.0 Å². The highest BCUT2D eigenvalue weighted by atomic mass is 32.2. The van der Waals surface area contributed by atoms with Gasteiger partial charge in [-0.25, -0.2) is 4.79 Å². The third-order valence-corrected chi connectivity index (χ3v) is 10.8. The van der Waals surface area contributed by atoms with Gasteiger partial charge < -0.3 is 44.2 Å². The number of methoxy groups -OCH3 is 2. The van der Waals surface area contributed by atoms with Gasteiger partial charge in [-0.1, -0.05) is 12.1 Å². The molecule has 56 heavy (non-hydrogen) atoms. The first-order valence-electron chi connectivity index (χ1n) is 16.9. The number of aliphatic carboxylic acids is 1. The number of carbonyl (C=O) groups excluding carboxylic acids is 3. The lowest BCUT2D eigenvalue weighted by molar-refractivity contribution is -0.928. The van der Waals surface area contributed by atoms with Gasteiger partial charge in [0.15, 0.2) is 11.5 Å². The Morgan fingerprint density at radius 1 is 1.02 bits per heavy atom. The summed E-state index contributed by atoms with van der Waals surface area (Å²) in [6.45, 7) is 1.96. The van der Waals surface area contributed by atoms with Crippen molar-refractivity contribution in [3.63, 3.8) is 0 Å². The summed E-state index contributed by atoms with van der Waals surface area (Å²) in [6.07, 6.45) is -3.67. The van der Waals surface area contributed by atoms with Gasteiger partial charge in [-0.3, -0.25) is 9.69 Å². The van der Waals surface area contributed by atoms with E-state index < -0.39 is 46.3 Å². The molecule has 4 aromatic rings. The number of piperidine rings is 1. The zero-order valence-corrected chi connectivity index (χ0v) is 32.2. The molecule has 3 amide bonds. The average Bonchev–Trinajstić information content (AvgIpc) is 3.70. The van der Waals surface area contributed by atoms with Crippen molar-refractivity contribution in [2.75, 3.05) is 39.7 Å². The second kappa shape index (κ2) is 18.5. The van der Waals surface area contributed by atoms with Gasteiger partial charge in [0.2, 0.25) is 5.91 Å². The van der Waals surface area contributed by atoms with E-state index in [1.165, 1.54) is 64.1 Å². The fourth-order valence-electron chi connectivity index (χ4n) is 6.12. The number of likely N-dealkylation sites (tertiary alicyclic amines) is 1. The number of anilines is 1. The summed E-state index contributed by atoms with van der Waals surface area (Å²) in [5.74, 6) is -2.12. The normalized spacial score (nSPS) is 17.4. The Balaban J connectivity index is 0.000000908. The predicted octanol–water partition coefficient (Wildman–Crippen LogP) is 4.28. The minimum atomic E-state index is -5.19. The van der Waals surface area contributed by atoms with Crippen LogP contribution in [-0.4, -0.2) is 93.4 Å². The molecule has 3 atom stereocenters. The number of nitrogens with zero attached hydrogens (tertiary/aromatic N) is 2. The molecule has 1 saturated heterocycles. The molecular weight excluding hydrogens is 782 g/mol. The second-order valence-electron chi connectivity index (χ2n) is 13.1. The first-order chi connectivity index (χ1) is 26.3. The SMILES string of the molecule is COc1ccc(C[N+]2(C)CCC[C@H](N(C(=O)Nc3ccc(OS(=O)(=O)c4ccsc4)cc3)C(=O)[C@@H](N)Cc3ccc(O)cc3)C2)cc1OC.O=C([O-])C(F)(F)F. The van der Waals surface area contributed by atoms with Crippen LogP contribution in [0.25, 0.3) is 0 Å². The lowest BCUT2D eigenvalue weighted by Gasteiger charge is -2.44. The summed E-state index contributed by atoms with van der Waals surface area (Å²) in [7, 11) is 1.28. The molecule has 14 nitrogen and oxygen atoms in total. The fourth-order valence-corrected chi connectivity index (χ4v) is 8.05. The molecule has 1 aliphatic rings. The van der Waals surface area contributed by atoms with Crippen molar-refractivity contribution < 1.29 is 64.3 Å². The zero-order chi connectivity index (χ0) is 41.3. The standard InChI is InChI=1S/C35H40N4O8S2.C2HF3O2/c1-39(21-25-8-15-32(45-2)33(20-25)46-3)17-4-5-27(22-39)38(34(41)31(36)19-24-6-11-28(40)12-7-24)35(42)37-26-9-13-29(14-10-26)47-49(43,44)30-16-18-48-23-30;3-2(4,5)1(6)7/h6-16,18,20,23,27,31H,4-5,17,19,21-22,36H2,1-3H3,(H-,37,40,42);(H,6,7)/t27-,31-,39?;/m0./s1. The number of hydrogen-bond donors (Lipinski definition) is 3. The number of quaternary nitrogens is 1. The zero-order valence-electron chi connectivity index (χ0n) is 30.5. The van der Waals surface area contributed by atoms with Gasteiger partial charge in [0.05, 0.1) is 39.9 Å². The molecule has 1 fully saturated rings. The molecule has 0 saturated carbocycles. The number of aromatic hydroxyl groups is 1. The molecule has 0 bridgehead atoms. The van der Waals surface area contributed by atoms with E-state index in [0.29, 0.717) is 41.2 Å². The van der Waals surface area contributed by atoms with E-state index in [2.05, 4.69) is 12.4 Å². The number of carbonyl (C=O) groups is 3. The number of ether oxygens (including phenoxy) is 2. The number of nitrogens with two attached hydrogens (primary N) is 1. The van der Waals surface area contributed by atoms with Gasteiger partial charge >= 0.3 is 22.3 Å². The summed E-state index contributed by atoms with van der Waals surface area (Å²) in [5, 5.41) is 24.4. The number of hydrogen-bond acceptors (Lipinski definition) is 12. The fraction of sp³-hybridized carbons (Fsp3) is 0.324. The van der Waals surface area contributed by atoms with Gasteiger partial charge in [-0.2, -0.15) is 32.9 Å². The maximum absolute atomic E-state index is 14.1. The highest BCUT2D eigenvalue weighted by Gasteiger charge is 2.41. The first-order valence-corrected chi connectivity index (χ1v) is 19.3.